The Morgan fingerprint density at radius 3 is 2.71 bits per heavy atom. The summed E-state index contributed by atoms with van der Waals surface area (Å²) in [5.41, 5.74) is 2.95. The van der Waals surface area contributed by atoms with Crippen LogP contribution in [-0.4, -0.2) is 28.7 Å². The monoisotopic (exact) mass is 442 g/mol. The van der Waals surface area contributed by atoms with Crippen LogP contribution in [0.25, 0.3) is 11.1 Å². The first-order valence-corrected chi connectivity index (χ1v) is 9.98. The summed E-state index contributed by atoms with van der Waals surface area (Å²) in [6.07, 6.45) is -0.194. The summed E-state index contributed by atoms with van der Waals surface area (Å²) >= 11 is 5.99. The van der Waals surface area contributed by atoms with Gasteiger partial charge in [0.15, 0.2) is 0 Å². The quantitative estimate of drug-likeness (QED) is 0.595. The molecule has 0 fully saturated rings. The Hall–Kier alpha value is -3.23. The van der Waals surface area contributed by atoms with Crippen molar-refractivity contribution in [3.63, 3.8) is 0 Å². The van der Waals surface area contributed by atoms with Gasteiger partial charge >= 0.3 is 0 Å². The third-order valence-electron chi connectivity index (χ3n) is 5.01. The first-order valence-electron chi connectivity index (χ1n) is 9.60. The molecule has 1 aromatic heterocycles. The maximum atomic E-state index is 14.1. The van der Waals surface area contributed by atoms with Crippen LogP contribution in [0.4, 0.5) is 15.9 Å². The second-order valence-corrected chi connectivity index (χ2v) is 7.73. The molecule has 2 amide bonds. The average molecular weight is 443 g/mol. The van der Waals surface area contributed by atoms with E-state index in [0.29, 0.717) is 22.1 Å². The minimum atomic E-state index is -0.861. The van der Waals surface area contributed by atoms with Crippen molar-refractivity contribution in [2.75, 3.05) is 17.7 Å². The summed E-state index contributed by atoms with van der Waals surface area (Å²) in [5.74, 6) is -0.899. The highest BCUT2D eigenvalue weighted by atomic mass is 35.5. The molecule has 9 heteroatoms. The lowest BCUT2D eigenvalue weighted by Gasteiger charge is -2.11. The van der Waals surface area contributed by atoms with Crippen molar-refractivity contribution in [3.05, 3.63) is 64.6 Å². The highest BCUT2D eigenvalue weighted by molar-refractivity contribution is 6.30. The van der Waals surface area contributed by atoms with Crippen LogP contribution in [0, 0.1) is 12.7 Å². The minimum Gasteiger partial charge on any atom is -0.378 e. The SMILES string of the molecule is COCc1nn2c(c1-c1ccc(Cl)cc1)NC(=O)C2CC(=O)Nc1ccc(C)cc1F. The van der Waals surface area contributed by atoms with Gasteiger partial charge in [-0.25, -0.2) is 9.07 Å². The molecule has 0 aliphatic carbocycles. The smallest absolute Gasteiger partial charge is 0.251 e. The Kier molecular flexibility index (Phi) is 5.75. The van der Waals surface area contributed by atoms with E-state index >= 15 is 0 Å². The number of nitrogens with zero attached hydrogens (tertiary/aromatic N) is 2. The maximum Gasteiger partial charge on any atom is 0.251 e. The van der Waals surface area contributed by atoms with Gasteiger partial charge in [-0.1, -0.05) is 29.8 Å². The number of carbonyl (C=O) groups excluding carboxylic acids is 2. The van der Waals surface area contributed by atoms with Crippen molar-refractivity contribution < 1.29 is 18.7 Å². The van der Waals surface area contributed by atoms with Gasteiger partial charge < -0.3 is 15.4 Å². The van der Waals surface area contributed by atoms with E-state index in [0.717, 1.165) is 11.1 Å². The first-order chi connectivity index (χ1) is 14.9. The fourth-order valence-corrected chi connectivity index (χ4v) is 3.70. The highest BCUT2D eigenvalue weighted by Crippen LogP contribution is 2.39. The number of benzene rings is 2. The maximum absolute atomic E-state index is 14.1. The van der Waals surface area contributed by atoms with Crippen LogP contribution in [0.15, 0.2) is 42.5 Å². The number of methoxy groups -OCH3 is 1. The van der Waals surface area contributed by atoms with Gasteiger partial charge in [-0.05, 0) is 42.3 Å². The number of rotatable bonds is 6. The Bertz CT molecular complexity index is 1160. The van der Waals surface area contributed by atoms with Crippen LogP contribution in [0.2, 0.25) is 5.02 Å². The number of aryl methyl sites for hydroxylation is 1. The topological polar surface area (TPSA) is 85.2 Å². The predicted molar refractivity (Wildman–Crippen MR) is 115 cm³/mol. The largest absolute Gasteiger partial charge is 0.378 e. The number of nitrogens with one attached hydrogen (secondary N) is 2. The highest BCUT2D eigenvalue weighted by Gasteiger charge is 2.37. The van der Waals surface area contributed by atoms with Crippen molar-refractivity contribution in [3.8, 4) is 11.1 Å². The summed E-state index contributed by atoms with van der Waals surface area (Å²) in [7, 11) is 1.55. The van der Waals surface area contributed by atoms with Crippen molar-refractivity contribution in [1.29, 1.82) is 0 Å². The van der Waals surface area contributed by atoms with Crippen LogP contribution in [-0.2, 0) is 20.9 Å². The van der Waals surface area contributed by atoms with E-state index in [4.69, 9.17) is 16.3 Å². The summed E-state index contributed by atoms with van der Waals surface area (Å²) < 4.78 is 20.8. The minimum absolute atomic E-state index is 0.0663. The molecule has 0 bridgehead atoms. The van der Waals surface area contributed by atoms with Crippen LogP contribution in [0.5, 0.6) is 0 Å². The van der Waals surface area contributed by atoms with Crippen LogP contribution in [0.1, 0.15) is 23.7 Å². The van der Waals surface area contributed by atoms with E-state index in [2.05, 4.69) is 15.7 Å². The van der Waals surface area contributed by atoms with E-state index in [9.17, 15) is 14.0 Å². The van der Waals surface area contributed by atoms with E-state index in [1.807, 2.05) is 12.1 Å². The van der Waals surface area contributed by atoms with E-state index in [1.54, 1.807) is 32.2 Å². The van der Waals surface area contributed by atoms with Gasteiger partial charge in [-0.15, -0.1) is 0 Å². The number of hydrogen-bond donors (Lipinski definition) is 2. The van der Waals surface area contributed by atoms with Crippen molar-refractivity contribution in [1.82, 2.24) is 9.78 Å². The molecule has 1 atom stereocenters. The number of carbonyl (C=O) groups is 2. The van der Waals surface area contributed by atoms with Crippen LogP contribution < -0.4 is 10.6 Å². The number of hydrogen-bond acceptors (Lipinski definition) is 4. The number of ether oxygens (including phenoxy) is 1. The molecule has 1 aliphatic heterocycles. The fraction of sp³-hybridized carbons (Fsp3) is 0.227. The van der Waals surface area contributed by atoms with Gasteiger partial charge in [0.05, 0.1) is 24.4 Å². The Morgan fingerprint density at radius 2 is 2.03 bits per heavy atom. The van der Waals surface area contributed by atoms with E-state index in [1.165, 1.54) is 16.8 Å². The van der Waals surface area contributed by atoms with Crippen LogP contribution >= 0.6 is 11.6 Å². The van der Waals surface area contributed by atoms with E-state index < -0.39 is 17.8 Å². The fourth-order valence-electron chi connectivity index (χ4n) is 3.57. The van der Waals surface area contributed by atoms with Crippen molar-refractivity contribution in [2.24, 2.45) is 0 Å². The normalized spacial score (nSPS) is 15.0. The molecule has 2 aromatic carbocycles. The number of anilines is 2. The van der Waals surface area contributed by atoms with E-state index in [-0.39, 0.29) is 24.6 Å². The zero-order valence-corrected chi connectivity index (χ0v) is 17.7. The zero-order valence-electron chi connectivity index (χ0n) is 16.9. The predicted octanol–water partition coefficient (Wildman–Crippen LogP) is 4.32. The Labute approximate surface area is 183 Å². The molecule has 160 valence electrons. The molecule has 31 heavy (non-hydrogen) atoms. The standard InChI is InChI=1S/C22H20ClFN4O3/c1-12-3-8-16(15(24)9-12)25-19(29)10-18-22(30)26-21-20(13-4-6-14(23)7-5-13)17(11-31-2)27-28(18)21/h3-9,18H,10-11H2,1-2H3,(H,25,29)(H,26,30). The number of halogens is 2. The van der Waals surface area contributed by atoms with Crippen LogP contribution in [0.3, 0.4) is 0 Å². The van der Waals surface area contributed by atoms with Crippen molar-refractivity contribution in [2.45, 2.75) is 26.0 Å². The molecule has 3 aromatic rings. The van der Waals surface area contributed by atoms with Gasteiger partial charge in [0.1, 0.15) is 17.7 Å². The molecular formula is C22H20ClFN4O3. The second-order valence-electron chi connectivity index (χ2n) is 7.30. The number of fused-ring (bicyclic) bond motifs is 1. The number of amides is 2. The molecule has 1 unspecified atom stereocenters. The van der Waals surface area contributed by atoms with Gasteiger partial charge in [-0.2, -0.15) is 5.10 Å². The average Bonchev–Trinajstić information content (AvgIpc) is 3.20. The lowest BCUT2D eigenvalue weighted by molar-refractivity contribution is -0.123. The molecule has 0 radical (unpaired) electrons. The summed E-state index contributed by atoms with van der Waals surface area (Å²) in [5, 5.41) is 10.4. The molecule has 7 nitrogen and oxygen atoms in total. The van der Waals surface area contributed by atoms with Gasteiger partial charge in [-0.3, -0.25) is 9.59 Å². The first kappa shape index (κ1) is 21.0. The molecular weight excluding hydrogens is 423 g/mol. The van der Waals surface area contributed by atoms with Crippen molar-refractivity contribution >= 4 is 34.9 Å². The number of aromatic nitrogens is 2. The molecule has 0 spiro atoms. The molecule has 0 saturated heterocycles. The summed E-state index contributed by atoms with van der Waals surface area (Å²) in [6.45, 7) is 1.98. The molecule has 2 heterocycles. The Balaban J connectivity index is 1.62. The Morgan fingerprint density at radius 1 is 1.29 bits per heavy atom. The van der Waals surface area contributed by atoms with Gasteiger partial charge in [0.2, 0.25) is 5.91 Å². The third kappa shape index (κ3) is 4.17. The zero-order chi connectivity index (χ0) is 22.1. The summed E-state index contributed by atoms with van der Waals surface area (Å²) in [4.78, 5) is 25.2. The van der Waals surface area contributed by atoms with Gasteiger partial charge in [0, 0.05) is 17.7 Å². The summed E-state index contributed by atoms with van der Waals surface area (Å²) in [6, 6.07) is 10.8. The molecule has 0 saturated carbocycles. The molecule has 2 N–H and O–H groups in total. The van der Waals surface area contributed by atoms with Gasteiger partial charge in [0.25, 0.3) is 5.91 Å². The second kappa shape index (κ2) is 8.49. The third-order valence-corrected chi connectivity index (χ3v) is 5.27. The lowest BCUT2D eigenvalue weighted by Crippen LogP contribution is -2.24. The molecule has 4 rings (SSSR count). The lowest BCUT2D eigenvalue weighted by atomic mass is 10.1. The molecule has 1 aliphatic rings.